The van der Waals surface area contributed by atoms with Gasteiger partial charge in [0.2, 0.25) is 0 Å². The molecule has 0 spiro atoms. The fourth-order valence-electron chi connectivity index (χ4n) is 11.3. The molecule has 0 aromatic heterocycles. The van der Waals surface area contributed by atoms with E-state index < -0.39 is 0 Å². The van der Waals surface area contributed by atoms with E-state index in [2.05, 4.69) is 221 Å². The second kappa shape index (κ2) is 15.7. The first-order valence-corrected chi connectivity index (χ1v) is 19.3. The van der Waals surface area contributed by atoms with Gasteiger partial charge in [-0.3, -0.25) is 6.08 Å². The normalized spacial score (nSPS) is 37.7. The monoisotopic (exact) mass is 762 g/mol. The zero-order valence-corrected chi connectivity index (χ0v) is 35.5. The van der Waals surface area contributed by atoms with Gasteiger partial charge >= 0.3 is 108 Å². The first-order valence-electron chi connectivity index (χ1n) is 18.6. The Hall–Kier alpha value is -2.48. The minimum atomic E-state index is 0. The van der Waals surface area contributed by atoms with Crippen LogP contribution in [0.15, 0.2) is 151 Å². The van der Waals surface area contributed by atoms with Gasteiger partial charge in [-0.1, -0.05) is 115 Å². The van der Waals surface area contributed by atoms with Crippen LogP contribution >= 0.6 is 0 Å². The van der Waals surface area contributed by atoms with Gasteiger partial charge in [-0.2, -0.15) is 6.08 Å². The summed E-state index contributed by atoms with van der Waals surface area (Å²) in [6, 6.07) is 21.3. The maximum atomic E-state index is 2.99. The van der Waals surface area contributed by atoms with Crippen LogP contribution in [-0.2, 0) is 32.8 Å². The summed E-state index contributed by atoms with van der Waals surface area (Å²) in [4.78, 5) is 0. The third-order valence-electron chi connectivity index (χ3n) is 15.1. The standard InChI is InChI=1S/C29H37.C15H14.C5H5.2ClH.Ti/c1-21-14-13-15-22-20-27(6)25(4)18-10-9-16-23(25,2)24(3)17-11-12-19-26(24,5)29(27,8)28(21,22)7;1-3-8-14(9-4-1)12-7-13-15-10-5-2-6-11-15;1-2-4-5-3-1;;;/h9-20,22H,1-8H3;1-6,8-11H,12-13H2;1-3H,4H2;2*1H;/q-1;;-1;;;+2/p-2. The predicted octanol–water partition coefficient (Wildman–Crippen LogP) is 6.15. The van der Waals surface area contributed by atoms with Crippen LogP contribution in [-0.4, -0.2) is 3.81 Å². The van der Waals surface area contributed by atoms with Gasteiger partial charge in [0.25, 0.3) is 0 Å². The summed E-state index contributed by atoms with van der Waals surface area (Å²) in [6.07, 6.45) is 41.4. The van der Waals surface area contributed by atoms with E-state index in [1.165, 1.54) is 20.5 Å². The average molecular weight is 764 g/mol. The number of rotatable bonds is 4. The molecule has 2 fully saturated rings. The summed E-state index contributed by atoms with van der Waals surface area (Å²) in [7, 11) is 0. The Morgan fingerprint density at radius 1 is 0.673 bits per heavy atom. The Morgan fingerprint density at radius 2 is 1.15 bits per heavy atom. The van der Waals surface area contributed by atoms with E-state index in [9.17, 15) is 0 Å². The molecule has 0 heterocycles. The van der Waals surface area contributed by atoms with Crippen molar-refractivity contribution in [2.75, 3.05) is 0 Å². The Labute approximate surface area is 339 Å². The van der Waals surface area contributed by atoms with Gasteiger partial charge in [0.15, 0.2) is 0 Å². The quantitative estimate of drug-likeness (QED) is 0.259. The van der Waals surface area contributed by atoms with Crippen molar-refractivity contribution >= 4 is 3.81 Å². The molecule has 2 saturated carbocycles. The van der Waals surface area contributed by atoms with Gasteiger partial charge in [0, 0.05) is 10.8 Å². The molecule has 0 amide bonds. The van der Waals surface area contributed by atoms with E-state index in [4.69, 9.17) is 0 Å². The molecular formula is C49H56Cl2Ti-2. The molecule has 8 unspecified atom stereocenters. The van der Waals surface area contributed by atoms with Gasteiger partial charge < -0.3 is 31.2 Å². The first-order chi connectivity index (χ1) is 23.7. The van der Waals surface area contributed by atoms with Crippen LogP contribution in [0, 0.1) is 56.3 Å². The van der Waals surface area contributed by atoms with Crippen LogP contribution in [0.1, 0.15) is 72.9 Å². The van der Waals surface area contributed by atoms with Gasteiger partial charge in [-0.05, 0) is 28.6 Å². The van der Waals surface area contributed by atoms with Crippen molar-refractivity contribution < 1.29 is 44.8 Å². The summed E-state index contributed by atoms with van der Waals surface area (Å²) >= 11 is 2.24. The average Bonchev–Trinajstić information content (AvgIpc) is 3.75. The van der Waals surface area contributed by atoms with Gasteiger partial charge in [-0.15, -0.1) is 23.8 Å². The van der Waals surface area contributed by atoms with Crippen molar-refractivity contribution in [1.29, 1.82) is 0 Å². The molecule has 8 rings (SSSR count). The topological polar surface area (TPSA) is 0 Å². The number of halogens is 2. The first kappa shape index (κ1) is 42.3. The summed E-state index contributed by atoms with van der Waals surface area (Å²) in [5, 5.41) is 0. The predicted molar refractivity (Wildman–Crippen MR) is 211 cm³/mol. The molecule has 272 valence electrons. The van der Waals surface area contributed by atoms with Crippen molar-refractivity contribution in [1.82, 2.24) is 0 Å². The van der Waals surface area contributed by atoms with E-state index in [1.54, 1.807) is 0 Å². The second-order valence-electron chi connectivity index (χ2n) is 16.6. The molecule has 52 heavy (non-hydrogen) atoms. The fourth-order valence-corrected chi connectivity index (χ4v) is 12.0. The second-order valence-corrected chi connectivity index (χ2v) is 17.7. The SMILES string of the molecule is CC1=CC=CC2[CH-]C3(C)C4(C)C=CC=CC4(C)C4(C)C=CC=CC4(C)C3(C)C12C.[C-]1=CC=CC1.[Cl-].[Cl-].[Ti+2]=[C](Cc1ccccc1)Cc1ccccc1. The Balaban J connectivity index is 0.000000221. The molecule has 0 nitrogen and oxygen atoms in total. The van der Waals surface area contributed by atoms with Crippen LogP contribution in [0.4, 0.5) is 0 Å². The van der Waals surface area contributed by atoms with Gasteiger partial charge in [-0.25, -0.2) is 12.2 Å². The number of hydrogen-bond acceptors (Lipinski definition) is 0. The van der Waals surface area contributed by atoms with Gasteiger partial charge in [0.05, 0.1) is 0 Å². The molecule has 6 aliphatic rings. The van der Waals surface area contributed by atoms with Crippen LogP contribution in [0.2, 0.25) is 0 Å². The number of fused-ring (bicyclic) bond motifs is 8. The number of hydrogen-bond donors (Lipinski definition) is 0. The van der Waals surface area contributed by atoms with Crippen molar-refractivity contribution in [2.24, 2.45) is 43.8 Å². The molecule has 0 bridgehead atoms. The molecule has 0 saturated heterocycles. The van der Waals surface area contributed by atoms with Crippen LogP contribution in [0.25, 0.3) is 0 Å². The van der Waals surface area contributed by atoms with E-state index >= 15 is 0 Å². The molecule has 6 aliphatic carbocycles. The molecule has 0 N–H and O–H groups in total. The molecule has 0 aliphatic heterocycles. The molecular weight excluding hydrogens is 707 g/mol. The molecule has 8 atom stereocenters. The molecule has 3 heteroatoms. The van der Waals surface area contributed by atoms with Crippen molar-refractivity contribution in [2.45, 2.75) is 74.7 Å². The van der Waals surface area contributed by atoms with Crippen molar-refractivity contribution in [3.05, 3.63) is 175 Å². The van der Waals surface area contributed by atoms with Crippen LogP contribution < -0.4 is 24.8 Å². The van der Waals surface area contributed by atoms with Crippen molar-refractivity contribution in [3.63, 3.8) is 0 Å². The third kappa shape index (κ3) is 6.04. The zero-order chi connectivity index (χ0) is 35.9. The number of benzene rings is 2. The van der Waals surface area contributed by atoms with E-state index in [1.807, 2.05) is 12.2 Å². The minimum absolute atomic E-state index is 0. The fraction of sp³-hybridized carbons (Fsp3) is 0.388. The van der Waals surface area contributed by atoms with E-state index in [0.717, 1.165) is 19.3 Å². The Bertz CT molecular complexity index is 1790. The van der Waals surface area contributed by atoms with Gasteiger partial charge in [0.1, 0.15) is 0 Å². The van der Waals surface area contributed by atoms with E-state index in [0.29, 0.717) is 5.92 Å². The summed E-state index contributed by atoms with van der Waals surface area (Å²) in [5.74, 6) is 0.460. The third-order valence-corrected chi connectivity index (χ3v) is 15.7. The zero-order valence-electron chi connectivity index (χ0n) is 32.4. The maximum absolute atomic E-state index is 2.99. The molecule has 0 radical (unpaired) electrons. The van der Waals surface area contributed by atoms with E-state index in [-0.39, 0.29) is 62.7 Å². The summed E-state index contributed by atoms with van der Waals surface area (Å²) in [5.41, 5.74) is 4.53. The Morgan fingerprint density at radius 3 is 1.62 bits per heavy atom. The Kier molecular flexibility index (Phi) is 12.8. The van der Waals surface area contributed by atoms with Crippen molar-refractivity contribution in [3.8, 4) is 0 Å². The molecule has 2 aromatic carbocycles. The van der Waals surface area contributed by atoms with Crippen LogP contribution in [0.5, 0.6) is 0 Å². The molecule has 2 aromatic rings. The number of allylic oxidation sites excluding steroid dienone is 16. The summed E-state index contributed by atoms with van der Waals surface area (Å²) in [6.45, 7) is 20.3. The summed E-state index contributed by atoms with van der Waals surface area (Å²) < 4.78 is 1.51. The van der Waals surface area contributed by atoms with Crippen LogP contribution in [0.3, 0.4) is 0 Å².